The first-order valence-corrected chi connectivity index (χ1v) is 9.53. The molecule has 134 valence electrons. The first-order valence-electron chi connectivity index (χ1n) is 8.27. The minimum atomic E-state index is -0.105. The lowest BCUT2D eigenvalue weighted by atomic mass is 10.1. The average molecular weight is 386 g/mol. The lowest BCUT2D eigenvalue weighted by Gasteiger charge is -2.07. The zero-order valence-corrected chi connectivity index (χ0v) is 16.5. The van der Waals surface area contributed by atoms with Crippen molar-refractivity contribution in [1.82, 2.24) is 0 Å². The molecule has 0 aliphatic carbocycles. The summed E-state index contributed by atoms with van der Waals surface area (Å²) in [6, 6.07) is 13.3. The highest BCUT2D eigenvalue weighted by atomic mass is 35.5. The molecule has 0 atom stereocenters. The van der Waals surface area contributed by atoms with E-state index in [0.29, 0.717) is 11.5 Å². The van der Waals surface area contributed by atoms with E-state index in [-0.39, 0.29) is 5.91 Å². The first kappa shape index (κ1) is 18.5. The number of anilines is 1. The van der Waals surface area contributed by atoms with Crippen molar-refractivity contribution >= 4 is 34.5 Å². The number of thiophene rings is 1. The molecule has 26 heavy (non-hydrogen) atoms. The van der Waals surface area contributed by atoms with Crippen molar-refractivity contribution in [2.45, 2.75) is 27.4 Å². The Morgan fingerprint density at radius 3 is 2.58 bits per heavy atom. The summed E-state index contributed by atoms with van der Waals surface area (Å²) in [5.41, 5.74) is 5.11. The van der Waals surface area contributed by atoms with Crippen LogP contribution in [0.5, 0.6) is 5.75 Å². The second kappa shape index (κ2) is 7.94. The van der Waals surface area contributed by atoms with Gasteiger partial charge in [-0.15, -0.1) is 11.3 Å². The third kappa shape index (κ3) is 4.45. The lowest BCUT2D eigenvalue weighted by molar-refractivity contribution is 0.103. The number of halogens is 1. The Kier molecular flexibility index (Phi) is 5.64. The highest BCUT2D eigenvalue weighted by Gasteiger charge is 2.10. The van der Waals surface area contributed by atoms with Gasteiger partial charge in [0.1, 0.15) is 12.4 Å². The second-order valence-electron chi connectivity index (χ2n) is 6.27. The summed E-state index contributed by atoms with van der Waals surface area (Å²) in [5.74, 6) is 0.658. The summed E-state index contributed by atoms with van der Waals surface area (Å²) in [5, 5.41) is 5.61. The van der Waals surface area contributed by atoms with Gasteiger partial charge >= 0.3 is 0 Å². The summed E-state index contributed by atoms with van der Waals surface area (Å²) < 4.78 is 5.78. The lowest BCUT2D eigenvalue weighted by Crippen LogP contribution is -2.10. The quantitative estimate of drug-likeness (QED) is 0.571. The van der Waals surface area contributed by atoms with Crippen LogP contribution in [0.4, 0.5) is 5.69 Å². The maximum Gasteiger partial charge on any atom is 0.265 e. The SMILES string of the molecule is Cc1ccc(NC(=O)c2cc(COc3ccc(Cl)c(C)c3)cs2)cc1C. The minimum Gasteiger partial charge on any atom is -0.489 e. The van der Waals surface area contributed by atoms with Gasteiger partial charge in [-0.3, -0.25) is 4.79 Å². The van der Waals surface area contributed by atoms with Gasteiger partial charge in [0, 0.05) is 16.3 Å². The molecule has 0 fully saturated rings. The molecule has 2 aromatic carbocycles. The van der Waals surface area contributed by atoms with Crippen LogP contribution in [0.3, 0.4) is 0 Å². The van der Waals surface area contributed by atoms with Crippen LogP contribution in [0.25, 0.3) is 0 Å². The fourth-order valence-corrected chi connectivity index (χ4v) is 3.37. The maximum absolute atomic E-state index is 12.4. The van der Waals surface area contributed by atoms with E-state index in [9.17, 15) is 4.79 Å². The Bertz CT molecular complexity index is 949. The van der Waals surface area contributed by atoms with Gasteiger partial charge in [-0.2, -0.15) is 0 Å². The second-order valence-corrected chi connectivity index (χ2v) is 7.59. The summed E-state index contributed by atoms with van der Waals surface area (Å²) in [6.45, 7) is 6.43. The van der Waals surface area contributed by atoms with E-state index in [2.05, 4.69) is 12.2 Å². The largest absolute Gasteiger partial charge is 0.489 e. The van der Waals surface area contributed by atoms with Gasteiger partial charge in [0.05, 0.1) is 4.88 Å². The van der Waals surface area contributed by atoms with Gasteiger partial charge in [0.15, 0.2) is 0 Å². The van der Waals surface area contributed by atoms with Crippen LogP contribution in [0, 0.1) is 20.8 Å². The molecule has 3 nitrogen and oxygen atoms in total. The molecule has 1 aromatic heterocycles. The van der Waals surface area contributed by atoms with E-state index in [4.69, 9.17) is 16.3 Å². The summed E-state index contributed by atoms with van der Waals surface area (Å²) >= 11 is 7.43. The van der Waals surface area contributed by atoms with Crippen molar-refractivity contribution in [2.75, 3.05) is 5.32 Å². The zero-order valence-electron chi connectivity index (χ0n) is 14.9. The third-order valence-electron chi connectivity index (χ3n) is 4.18. The van der Waals surface area contributed by atoms with Gasteiger partial charge in [-0.1, -0.05) is 17.7 Å². The fourth-order valence-electron chi connectivity index (χ4n) is 2.46. The molecule has 0 aliphatic heterocycles. The van der Waals surface area contributed by atoms with Crippen LogP contribution >= 0.6 is 22.9 Å². The number of hydrogen-bond acceptors (Lipinski definition) is 3. The monoisotopic (exact) mass is 385 g/mol. The van der Waals surface area contributed by atoms with Crippen molar-refractivity contribution in [1.29, 1.82) is 0 Å². The van der Waals surface area contributed by atoms with Gasteiger partial charge < -0.3 is 10.1 Å². The summed E-state index contributed by atoms with van der Waals surface area (Å²) in [4.78, 5) is 13.1. The van der Waals surface area contributed by atoms with Crippen molar-refractivity contribution in [3.05, 3.63) is 80.0 Å². The summed E-state index contributed by atoms with van der Waals surface area (Å²) in [7, 11) is 0. The number of carbonyl (C=O) groups excluding carboxylic acids is 1. The standard InChI is InChI=1S/C21H20ClNO2S/c1-13-4-5-17(8-14(13)2)23-21(24)20-10-16(12-26-20)11-25-18-6-7-19(22)15(3)9-18/h4-10,12H,11H2,1-3H3,(H,23,24). The van der Waals surface area contributed by atoms with E-state index in [0.717, 1.165) is 33.1 Å². The van der Waals surface area contributed by atoms with Gasteiger partial charge in [0.2, 0.25) is 0 Å². The highest BCUT2D eigenvalue weighted by molar-refractivity contribution is 7.12. The van der Waals surface area contributed by atoms with E-state index in [1.807, 2.05) is 61.7 Å². The number of hydrogen-bond donors (Lipinski definition) is 1. The van der Waals surface area contributed by atoms with Gasteiger partial charge in [-0.25, -0.2) is 0 Å². The van der Waals surface area contributed by atoms with Crippen LogP contribution in [0.1, 0.15) is 31.9 Å². The van der Waals surface area contributed by atoms with Crippen LogP contribution in [-0.2, 0) is 6.61 Å². The molecule has 0 saturated heterocycles. The molecule has 0 radical (unpaired) electrons. The number of amides is 1. The number of aryl methyl sites for hydroxylation is 3. The Balaban J connectivity index is 1.62. The van der Waals surface area contributed by atoms with Crippen LogP contribution in [0.15, 0.2) is 47.8 Å². The van der Waals surface area contributed by atoms with Gasteiger partial charge in [0.25, 0.3) is 5.91 Å². The molecule has 3 rings (SSSR count). The zero-order chi connectivity index (χ0) is 18.7. The van der Waals surface area contributed by atoms with Crippen LogP contribution in [-0.4, -0.2) is 5.91 Å². The third-order valence-corrected chi connectivity index (χ3v) is 5.58. The molecule has 0 saturated carbocycles. The minimum absolute atomic E-state index is 0.105. The highest BCUT2D eigenvalue weighted by Crippen LogP contribution is 2.23. The van der Waals surface area contributed by atoms with Crippen molar-refractivity contribution < 1.29 is 9.53 Å². The van der Waals surface area contributed by atoms with E-state index >= 15 is 0 Å². The Labute approximate surface area is 162 Å². The van der Waals surface area contributed by atoms with Gasteiger partial charge in [-0.05, 0) is 79.2 Å². The molecular formula is C21H20ClNO2S. The topological polar surface area (TPSA) is 38.3 Å². The van der Waals surface area contributed by atoms with Crippen molar-refractivity contribution in [2.24, 2.45) is 0 Å². The molecule has 0 bridgehead atoms. The van der Waals surface area contributed by atoms with Crippen molar-refractivity contribution in [3.63, 3.8) is 0 Å². The average Bonchev–Trinajstić information content (AvgIpc) is 3.08. The molecule has 0 aliphatic rings. The predicted octanol–water partition coefficient (Wildman–Crippen LogP) is 6.16. The number of ether oxygens (including phenoxy) is 1. The van der Waals surface area contributed by atoms with Crippen LogP contribution in [0.2, 0.25) is 5.02 Å². The molecule has 0 spiro atoms. The molecule has 1 heterocycles. The number of benzene rings is 2. The number of nitrogens with one attached hydrogen (secondary N) is 1. The molecule has 3 aromatic rings. The smallest absolute Gasteiger partial charge is 0.265 e. The Morgan fingerprint density at radius 2 is 1.85 bits per heavy atom. The number of rotatable bonds is 5. The molecule has 0 unspecified atom stereocenters. The Morgan fingerprint density at radius 1 is 1.04 bits per heavy atom. The molecule has 1 N–H and O–H groups in total. The molecule has 5 heteroatoms. The van der Waals surface area contributed by atoms with E-state index in [1.54, 1.807) is 0 Å². The first-order chi connectivity index (χ1) is 12.4. The normalized spacial score (nSPS) is 10.6. The van der Waals surface area contributed by atoms with Crippen LogP contribution < -0.4 is 10.1 Å². The fraction of sp³-hybridized carbons (Fsp3) is 0.190. The summed E-state index contributed by atoms with van der Waals surface area (Å²) in [6.07, 6.45) is 0. The molecular weight excluding hydrogens is 366 g/mol. The Hall–Kier alpha value is -2.30. The maximum atomic E-state index is 12.4. The van der Waals surface area contributed by atoms with Crippen molar-refractivity contribution in [3.8, 4) is 5.75 Å². The number of carbonyl (C=O) groups is 1. The van der Waals surface area contributed by atoms with E-state index in [1.165, 1.54) is 16.9 Å². The predicted molar refractivity (Wildman–Crippen MR) is 109 cm³/mol. The van der Waals surface area contributed by atoms with E-state index < -0.39 is 0 Å². The molecule has 1 amide bonds.